The molecule has 4 heteroatoms. The minimum atomic E-state index is -0.782. The van der Waals surface area contributed by atoms with Gasteiger partial charge in [-0.1, -0.05) is 25.1 Å². The second-order valence-corrected chi connectivity index (χ2v) is 6.77. The summed E-state index contributed by atoms with van der Waals surface area (Å²) in [6.07, 6.45) is 2.01. The van der Waals surface area contributed by atoms with Gasteiger partial charge in [0.1, 0.15) is 0 Å². The van der Waals surface area contributed by atoms with Crippen LogP contribution in [-0.2, 0) is 0 Å². The maximum atomic E-state index is 13.5. The Balaban J connectivity index is 1.92. The summed E-state index contributed by atoms with van der Waals surface area (Å²) in [6, 6.07) is 12.6. The molecule has 0 bridgehead atoms. The number of anilines is 1. The molecule has 0 aliphatic carbocycles. The predicted molar refractivity (Wildman–Crippen MR) is 88.5 cm³/mol. The first-order chi connectivity index (χ1) is 10.7. The van der Waals surface area contributed by atoms with Crippen molar-refractivity contribution in [2.45, 2.75) is 29.9 Å². The molecule has 0 radical (unpaired) electrons. The van der Waals surface area contributed by atoms with Gasteiger partial charge < -0.3 is 4.90 Å². The normalized spacial score (nSPS) is 18.0. The average Bonchev–Trinajstić information content (AvgIpc) is 2.71. The Kier molecular flexibility index (Phi) is 4.67. The number of fused-ring (bicyclic) bond motifs is 1. The van der Waals surface area contributed by atoms with Gasteiger partial charge in [0.15, 0.2) is 11.6 Å². The third-order valence-electron chi connectivity index (χ3n) is 3.95. The van der Waals surface area contributed by atoms with Gasteiger partial charge in [-0.2, -0.15) is 0 Å². The molecule has 3 rings (SSSR count). The topological polar surface area (TPSA) is 3.24 Å². The Labute approximate surface area is 134 Å². The van der Waals surface area contributed by atoms with Crippen molar-refractivity contribution < 1.29 is 8.78 Å². The van der Waals surface area contributed by atoms with E-state index in [1.54, 1.807) is 17.8 Å². The molecule has 1 aliphatic heterocycles. The van der Waals surface area contributed by atoms with Crippen molar-refractivity contribution in [1.82, 2.24) is 0 Å². The van der Waals surface area contributed by atoms with E-state index in [4.69, 9.17) is 0 Å². The molecular formula is C18H19F2NS. The second kappa shape index (κ2) is 6.69. The predicted octanol–water partition coefficient (Wildman–Crippen LogP) is 5.42. The van der Waals surface area contributed by atoms with Gasteiger partial charge in [0.25, 0.3) is 0 Å². The Morgan fingerprint density at radius 2 is 1.95 bits per heavy atom. The molecule has 22 heavy (non-hydrogen) atoms. The fourth-order valence-corrected chi connectivity index (χ4v) is 4.16. The van der Waals surface area contributed by atoms with Gasteiger partial charge in [-0.05, 0) is 42.7 Å². The molecule has 1 aliphatic rings. The van der Waals surface area contributed by atoms with Crippen molar-refractivity contribution in [3.05, 3.63) is 59.7 Å². The minimum Gasteiger partial charge on any atom is -0.371 e. The highest BCUT2D eigenvalue weighted by Crippen LogP contribution is 2.45. The zero-order chi connectivity index (χ0) is 15.5. The highest BCUT2D eigenvalue weighted by atomic mass is 32.2. The molecular weight excluding hydrogens is 300 g/mol. The molecule has 2 aromatic rings. The van der Waals surface area contributed by atoms with Gasteiger partial charge in [0.05, 0.1) is 5.69 Å². The van der Waals surface area contributed by atoms with E-state index in [-0.39, 0.29) is 5.25 Å². The third-order valence-corrected chi connectivity index (χ3v) is 5.34. The fourth-order valence-electron chi connectivity index (χ4n) is 2.87. The molecule has 0 spiro atoms. The maximum Gasteiger partial charge on any atom is 0.159 e. The van der Waals surface area contributed by atoms with Gasteiger partial charge in [-0.15, -0.1) is 11.8 Å². The molecule has 0 saturated heterocycles. The number of rotatable bonds is 3. The van der Waals surface area contributed by atoms with Crippen LogP contribution in [0.4, 0.5) is 14.5 Å². The minimum absolute atomic E-state index is 0.151. The van der Waals surface area contributed by atoms with E-state index in [1.807, 2.05) is 6.07 Å². The lowest BCUT2D eigenvalue weighted by molar-refractivity contribution is 0.506. The highest BCUT2D eigenvalue weighted by molar-refractivity contribution is 7.99. The van der Waals surface area contributed by atoms with Crippen LogP contribution in [0, 0.1) is 11.6 Å². The van der Waals surface area contributed by atoms with Crippen LogP contribution in [0.2, 0.25) is 0 Å². The van der Waals surface area contributed by atoms with Crippen LogP contribution < -0.4 is 4.90 Å². The van der Waals surface area contributed by atoms with Gasteiger partial charge in [-0.3, -0.25) is 0 Å². The average molecular weight is 319 g/mol. The van der Waals surface area contributed by atoms with Gasteiger partial charge in [-0.25, -0.2) is 8.78 Å². The lowest BCUT2D eigenvalue weighted by Gasteiger charge is -2.23. The monoisotopic (exact) mass is 319 g/mol. The van der Waals surface area contributed by atoms with Crippen molar-refractivity contribution in [3.8, 4) is 0 Å². The summed E-state index contributed by atoms with van der Waals surface area (Å²) in [5.74, 6) is -1.54. The first kappa shape index (κ1) is 15.3. The third kappa shape index (κ3) is 3.12. The van der Waals surface area contributed by atoms with Crippen molar-refractivity contribution in [1.29, 1.82) is 0 Å². The smallest absolute Gasteiger partial charge is 0.159 e. The van der Waals surface area contributed by atoms with Crippen LogP contribution in [0.1, 0.15) is 30.6 Å². The van der Waals surface area contributed by atoms with E-state index >= 15 is 0 Å². The molecule has 116 valence electrons. The summed E-state index contributed by atoms with van der Waals surface area (Å²) in [4.78, 5) is 3.60. The van der Waals surface area contributed by atoms with Crippen LogP contribution in [0.3, 0.4) is 0 Å². The summed E-state index contributed by atoms with van der Waals surface area (Å²) in [5, 5.41) is 0.151. The van der Waals surface area contributed by atoms with Crippen molar-refractivity contribution in [2.24, 2.45) is 0 Å². The first-order valence-corrected chi connectivity index (χ1v) is 8.52. The second-order valence-electron chi connectivity index (χ2n) is 5.52. The largest absolute Gasteiger partial charge is 0.371 e. The maximum absolute atomic E-state index is 13.5. The summed E-state index contributed by atoms with van der Waals surface area (Å²) < 4.78 is 26.7. The van der Waals surface area contributed by atoms with Crippen LogP contribution >= 0.6 is 11.8 Å². The van der Waals surface area contributed by atoms with Gasteiger partial charge in [0, 0.05) is 23.2 Å². The molecule has 1 atom stereocenters. The molecule has 0 aromatic heterocycles. The van der Waals surface area contributed by atoms with Gasteiger partial charge >= 0.3 is 0 Å². The molecule has 0 N–H and O–H groups in total. The Hall–Kier alpha value is -1.55. The van der Waals surface area contributed by atoms with E-state index in [1.165, 1.54) is 22.7 Å². The quantitative estimate of drug-likeness (QED) is 0.743. The summed E-state index contributed by atoms with van der Waals surface area (Å²) >= 11 is 1.74. The zero-order valence-electron chi connectivity index (χ0n) is 12.6. The highest BCUT2D eigenvalue weighted by Gasteiger charge is 2.23. The van der Waals surface area contributed by atoms with E-state index in [0.717, 1.165) is 31.5 Å². The Bertz CT molecular complexity index is 659. The molecule has 0 saturated carbocycles. The number of para-hydroxylation sites is 1. The van der Waals surface area contributed by atoms with Gasteiger partial charge in [0.2, 0.25) is 0 Å². The summed E-state index contributed by atoms with van der Waals surface area (Å²) in [6.45, 7) is 4.12. The zero-order valence-corrected chi connectivity index (χ0v) is 13.4. The van der Waals surface area contributed by atoms with E-state index in [0.29, 0.717) is 0 Å². The van der Waals surface area contributed by atoms with Crippen LogP contribution in [0.15, 0.2) is 47.4 Å². The number of halogens is 2. The van der Waals surface area contributed by atoms with Crippen LogP contribution in [0.5, 0.6) is 0 Å². The SMILES string of the molecule is CCCN1CCC(c2ccc(F)c(F)c2)Sc2ccccc21. The molecule has 2 aromatic carbocycles. The summed E-state index contributed by atoms with van der Waals surface area (Å²) in [5.41, 5.74) is 2.11. The van der Waals surface area contributed by atoms with Crippen molar-refractivity contribution >= 4 is 17.4 Å². The van der Waals surface area contributed by atoms with E-state index in [9.17, 15) is 8.78 Å². The summed E-state index contributed by atoms with van der Waals surface area (Å²) in [7, 11) is 0. The molecule has 1 unspecified atom stereocenters. The van der Waals surface area contributed by atoms with E-state index < -0.39 is 11.6 Å². The number of thioether (sulfide) groups is 1. The molecule has 1 heterocycles. The van der Waals surface area contributed by atoms with E-state index in [2.05, 4.69) is 30.0 Å². The lowest BCUT2D eigenvalue weighted by Crippen LogP contribution is -2.25. The standard InChI is InChI=1S/C18H19F2NS/c1-2-10-21-11-9-17(13-7-8-14(19)15(20)12-13)22-18-6-4-3-5-16(18)21/h3-8,12,17H,2,9-11H2,1H3. The fraction of sp³-hybridized carbons (Fsp3) is 0.333. The molecule has 1 nitrogen and oxygen atoms in total. The number of hydrogen-bond donors (Lipinski definition) is 0. The van der Waals surface area contributed by atoms with Crippen LogP contribution in [-0.4, -0.2) is 13.1 Å². The first-order valence-electron chi connectivity index (χ1n) is 7.64. The number of hydrogen-bond acceptors (Lipinski definition) is 2. The number of nitrogens with zero attached hydrogens (tertiary/aromatic N) is 1. The molecule has 0 fully saturated rings. The van der Waals surface area contributed by atoms with Crippen molar-refractivity contribution in [2.75, 3.05) is 18.0 Å². The lowest BCUT2D eigenvalue weighted by atomic mass is 10.1. The Morgan fingerprint density at radius 1 is 1.14 bits per heavy atom. The van der Waals surface area contributed by atoms with Crippen LogP contribution in [0.25, 0.3) is 0 Å². The number of benzene rings is 2. The Morgan fingerprint density at radius 3 is 2.73 bits per heavy atom. The van der Waals surface area contributed by atoms with Crippen molar-refractivity contribution in [3.63, 3.8) is 0 Å². The molecule has 0 amide bonds.